The van der Waals surface area contributed by atoms with E-state index in [0.29, 0.717) is 47.7 Å². The molecule has 0 aromatic heterocycles. The molecular formula is C26H42O4. The Hall–Kier alpha value is -0.900. The molecule has 4 aliphatic rings. The summed E-state index contributed by atoms with van der Waals surface area (Å²) in [5.74, 6) is 2.69. The third kappa shape index (κ3) is 3.27. The minimum atomic E-state index is -0.690. The van der Waals surface area contributed by atoms with E-state index >= 15 is 0 Å². The Morgan fingerprint density at radius 2 is 1.80 bits per heavy atom. The van der Waals surface area contributed by atoms with Crippen LogP contribution in [0.15, 0.2) is 0 Å². The monoisotopic (exact) mass is 418 g/mol. The molecule has 0 aromatic rings. The van der Waals surface area contributed by atoms with Gasteiger partial charge in [0.25, 0.3) is 0 Å². The van der Waals surface area contributed by atoms with Crippen LogP contribution in [0, 0.1) is 52.3 Å². The number of rotatable bonds is 5. The van der Waals surface area contributed by atoms with Gasteiger partial charge in [0.15, 0.2) is 0 Å². The summed E-state index contributed by atoms with van der Waals surface area (Å²) in [6.07, 6.45) is 8.79. The first-order chi connectivity index (χ1) is 14.1. The molecule has 4 saturated carbocycles. The standard InChI is InChI=1S/C26H42O4/c1-5-17-21-14-16(27)10-12-26(21,4)20-11-13-25(3)18(15(2)6-9-22(28)29)7-8-19(25)23(20)24(17)30/h15,17-21,23-24,30H,5-14H2,1-4H3,(H,28,29)/t15-,17-,18-,19?,20?,21+,23?,24-,25-,26-/m1/s1. The van der Waals surface area contributed by atoms with Crippen LogP contribution < -0.4 is 0 Å². The van der Waals surface area contributed by atoms with Gasteiger partial charge in [0.2, 0.25) is 0 Å². The highest BCUT2D eigenvalue weighted by atomic mass is 16.4. The zero-order chi connectivity index (χ0) is 21.8. The van der Waals surface area contributed by atoms with Crippen LogP contribution in [0.2, 0.25) is 0 Å². The van der Waals surface area contributed by atoms with Gasteiger partial charge < -0.3 is 10.2 Å². The molecule has 2 N–H and O–H groups in total. The number of carboxylic acids is 1. The Morgan fingerprint density at radius 1 is 1.10 bits per heavy atom. The number of carbonyl (C=O) groups excluding carboxylic acids is 1. The quantitative estimate of drug-likeness (QED) is 0.633. The van der Waals surface area contributed by atoms with E-state index in [1.54, 1.807) is 0 Å². The summed E-state index contributed by atoms with van der Waals surface area (Å²) in [6.45, 7) is 9.35. The molecule has 4 nitrogen and oxygen atoms in total. The van der Waals surface area contributed by atoms with E-state index in [-0.39, 0.29) is 29.3 Å². The fourth-order valence-electron chi connectivity index (χ4n) is 9.29. The highest BCUT2D eigenvalue weighted by Crippen LogP contribution is 2.69. The van der Waals surface area contributed by atoms with Gasteiger partial charge in [-0.25, -0.2) is 0 Å². The maximum absolute atomic E-state index is 12.3. The van der Waals surface area contributed by atoms with Crippen molar-refractivity contribution in [3.63, 3.8) is 0 Å². The van der Waals surface area contributed by atoms with Crippen LogP contribution in [0.25, 0.3) is 0 Å². The van der Waals surface area contributed by atoms with E-state index in [1.807, 2.05) is 0 Å². The van der Waals surface area contributed by atoms with Gasteiger partial charge in [-0.15, -0.1) is 0 Å². The lowest BCUT2D eigenvalue weighted by Crippen LogP contribution is -2.61. The number of aliphatic hydroxyl groups excluding tert-OH is 1. The zero-order valence-electron chi connectivity index (χ0n) is 19.4. The highest BCUT2D eigenvalue weighted by molar-refractivity contribution is 5.79. The van der Waals surface area contributed by atoms with Crippen LogP contribution in [0.3, 0.4) is 0 Å². The van der Waals surface area contributed by atoms with E-state index in [9.17, 15) is 14.7 Å². The average molecular weight is 419 g/mol. The first-order valence-corrected chi connectivity index (χ1v) is 12.5. The molecule has 3 unspecified atom stereocenters. The molecule has 4 rings (SSSR count). The minimum absolute atomic E-state index is 0.187. The van der Waals surface area contributed by atoms with Crippen molar-refractivity contribution in [1.82, 2.24) is 0 Å². The molecule has 4 fully saturated rings. The largest absolute Gasteiger partial charge is 0.481 e. The maximum atomic E-state index is 12.3. The van der Waals surface area contributed by atoms with Crippen molar-refractivity contribution in [2.24, 2.45) is 52.3 Å². The molecule has 0 saturated heterocycles. The Bertz CT molecular complexity index is 689. The fourth-order valence-corrected chi connectivity index (χ4v) is 9.29. The van der Waals surface area contributed by atoms with Gasteiger partial charge in [-0.3, -0.25) is 9.59 Å². The first kappa shape index (κ1) is 22.3. The van der Waals surface area contributed by atoms with E-state index in [0.717, 1.165) is 32.1 Å². The second-order valence-corrected chi connectivity index (χ2v) is 11.8. The van der Waals surface area contributed by atoms with Crippen LogP contribution in [0.5, 0.6) is 0 Å². The predicted molar refractivity (Wildman–Crippen MR) is 117 cm³/mol. The van der Waals surface area contributed by atoms with E-state index in [1.165, 1.54) is 19.3 Å². The van der Waals surface area contributed by atoms with Gasteiger partial charge in [0, 0.05) is 19.3 Å². The number of ketones is 1. The highest BCUT2D eigenvalue weighted by Gasteiger charge is 2.64. The molecule has 0 aromatic carbocycles. The maximum Gasteiger partial charge on any atom is 0.303 e. The van der Waals surface area contributed by atoms with E-state index < -0.39 is 5.97 Å². The number of aliphatic hydroxyl groups is 1. The molecule has 30 heavy (non-hydrogen) atoms. The summed E-state index contributed by atoms with van der Waals surface area (Å²) in [5, 5.41) is 20.8. The average Bonchev–Trinajstić information content (AvgIpc) is 3.05. The molecule has 170 valence electrons. The number of carboxylic acid groups (broad SMARTS) is 1. The third-order valence-corrected chi connectivity index (χ3v) is 10.8. The number of Topliss-reactive ketones (excluding diaryl/α,β-unsaturated/α-hetero) is 1. The van der Waals surface area contributed by atoms with Crippen molar-refractivity contribution in [2.75, 3.05) is 0 Å². The minimum Gasteiger partial charge on any atom is -0.481 e. The van der Waals surface area contributed by atoms with Crippen LogP contribution in [0.4, 0.5) is 0 Å². The predicted octanol–water partition coefficient (Wildman–Crippen LogP) is 5.32. The fraction of sp³-hybridized carbons (Fsp3) is 0.923. The SMILES string of the molecule is CC[C@H]1[C@@H](O)C2C3CC[C@H]([C@H](C)CCC(=O)O)[C@@]3(C)CCC2[C@@]2(C)CCC(=O)C[C@@H]12. The number of hydrogen-bond donors (Lipinski definition) is 2. The summed E-state index contributed by atoms with van der Waals surface area (Å²) < 4.78 is 0. The number of aliphatic carboxylic acids is 1. The molecule has 10 atom stereocenters. The normalized spacial score (nSPS) is 49.1. The van der Waals surface area contributed by atoms with Crippen LogP contribution in [0.1, 0.15) is 91.9 Å². The van der Waals surface area contributed by atoms with E-state index in [4.69, 9.17) is 5.11 Å². The van der Waals surface area contributed by atoms with Crippen molar-refractivity contribution < 1.29 is 19.8 Å². The molecule has 4 aliphatic carbocycles. The van der Waals surface area contributed by atoms with Gasteiger partial charge in [0.05, 0.1) is 6.10 Å². The summed E-state index contributed by atoms with van der Waals surface area (Å²) in [5.41, 5.74) is 0.402. The smallest absolute Gasteiger partial charge is 0.303 e. The van der Waals surface area contributed by atoms with Crippen molar-refractivity contribution in [1.29, 1.82) is 0 Å². The third-order valence-electron chi connectivity index (χ3n) is 10.8. The van der Waals surface area contributed by atoms with Gasteiger partial charge in [-0.05, 0) is 90.8 Å². The van der Waals surface area contributed by atoms with Gasteiger partial charge in [0.1, 0.15) is 5.78 Å². The lowest BCUT2D eigenvalue weighted by Gasteiger charge is -2.64. The molecular weight excluding hydrogens is 376 g/mol. The topological polar surface area (TPSA) is 74.6 Å². The van der Waals surface area contributed by atoms with Crippen molar-refractivity contribution in [3.05, 3.63) is 0 Å². The Kier molecular flexibility index (Phi) is 5.87. The van der Waals surface area contributed by atoms with Gasteiger partial charge in [-0.1, -0.05) is 34.1 Å². The zero-order valence-corrected chi connectivity index (χ0v) is 19.4. The van der Waals surface area contributed by atoms with Crippen LogP contribution in [-0.4, -0.2) is 28.1 Å². The first-order valence-electron chi connectivity index (χ1n) is 12.5. The number of hydrogen-bond acceptors (Lipinski definition) is 3. The van der Waals surface area contributed by atoms with Gasteiger partial charge >= 0.3 is 5.97 Å². The molecule has 0 amide bonds. The Balaban J connectivity index is 1.62. The van der Waals surface area contributed by atoms with Crippen molar-refractivity contribution in [3.8, 4) is 0 Å². The molecule has 0 spiro atoms. The lowest BCUT2D eigenvalue weighted by molar-refractivity contribution is -0.194. The van der Waals surface area contributed by atoms with E-state index in [2.05, 4.69) is 27.7 Å². The molecule has 4 heteroatoms. The molecule has 0 radical (unpaired) electrons. The van der Waals surface area contributed by atoms with Crippen molar-refractivity contribution in [2.45, 2.75) is 98.0 Å². The number of carbonyl (C=O) groups is 2. The van der Waals surface area contributed by atoms with Crippen molar-refractivity contribution >= 4 is 11.8 Å². The lowest BCUT2D eigenvalue weighted by atomic mass is 9.41. The molecule has 0 bridgehead atoms. The molecule has 0 heterocycles. The Morgan fingerprint density at radius 3 is 2.47 bits per heavy atom. The summed E-state index contributed by atoms with van der Waals surface area (Å²) in [6, 6.07) is 0. The van der Waals surface area contributed by atoms with Crippen LogP contribution in [-0.2, 0) is 9.59 Å². The summed E-state index contributed by atoms with van der Waals surface area (Å²) in [7, 11) is 0. The Labute approximate surface area is 182 Å². The summed E-state index contributed by atoms with van der Waals surface area (Å²) in [4.78, 5) is 23.4. The number of fused-ring (bicyclic) bond motifs is 5. The van der Waals surface area contributed by atoms with Crippen LogP contribution >= 0.6 is 0 Å². The second-order valence-electron chi connectivity index (χ2n) is 11.8. The second kappa shape index (κ2) is 7.90. The summed E-state index contributed by atoms with van der Waals surface area (Å²) >= 11 is 0. The molecule has 0 aliphatic heterocycles. The van der Waals surface area contributed by atoms with Gasteiger partial charge in [-0.2, -0.15) is 0 Å².